The van der Waals surface area contributed by atoms with Crippen molar-refractivity contribution < 1.29 is 13.6 Å². The number of benzene rings is 1. The molecule has 0 bridgehead atoms. The Labute approximate surface area is 99.0 Å². The number of nitrogens with zero attached hydrogens (tertiary/aromatic N) is 1. The Hall–Kier alpha value is -1.03. The van der Waals surface area contributed by atoms with Gasteiger partial charge in [-0.25, -0.2) is 8.78 Å². The summed E-state index contributed by atoms with van der Waals surface area (Å²) in [4.78, 5) is 11.1. The molecular weight excluding hydrogens is 315 g/mol. The first kappa shape index (κ1) is 12.0. The summed E-state index contributed by atoms with van der Waals surface area (Å²) in [5, 5.41) is 8.67. The zero-order chi connectivity index (χ0) is 11.6. The summed E-state index contributed by atoms with van der Waals surface area (Å²) in [7, 11) is 0. The molecule has 0 saturated carbocycles. The second-order valence-electron chi connectivity index (χ2n) is 2.89. The molecule has 1 rings (SSSR count). The number of rotatable bonds is 2. The van der Waals surface area contributed by atoms with E-state index in [4.69, 9.17) is 5.26 Å². The van der Waals surface area contributed by atoms with Gasteiger partial charge in [-0.05, 0) is 41.6 Å². The van der Waals surface area contributed by atoms with Crippen molar-refractivity contribution in [1.82, 2.24) is 0 Å². The Bertz CT molecular complexity index is 451. The predicted octanol–water partition coefficient (Wildman–Crippen LogP) is 3.30. The van der Waals surface area contributed by atoms with Crippen LogP contribution in [0, 0.1) is 14.9 Å². The zero-order valence-corrected chi connectivity index (χ0v) is 9.88. The molecule has 15 heavy (non-hydrogen) atoms. The number of hydrogen-bond acceptors (Lipinski definition) is 2. The van der Waals surface area contributed by atoms with Crippen LogP contribution in [-0.2, 0) is 0 Å². The highest BCUT2D eigenvalue weighted by molar-refractivity contribution is 14.1. The summed E-state index contributed by atoms with van der Waals surface area (Å²) in [5.41, 5.74) is -0.233. The van der Waals surface area contributed by atoms with Gasteiger partial charge in [0.25, 0.3) is 6.43 Å². The number of halogens is 3. The van der Waals surface area contributed by atoms with Gasteiger partial charge in [0.2, 0.25) is 0 Å². The van der Waals surface area contributed by atoms with Crippen molar-refractivity contribution >= 4 is 28.4 Å². The third-order valence-corrected chi connectivity index (χ3v) is 2.77. The molecule has 0 fully saturated rings. The quantitative estimate of drug-likeness (QED) is 0.619. The van der Waals surface area contributed by atoms with Gasteiger partial charge in [0.1, 0.15) is 6.07 Å². The van der Waals surface area contributed by atoms with Crippen molar-refractivity contribution in [1.29, 1.82) is 5.26 Å². The standard InChI is InChI=1S/C10H6F2INO/c1-5(15)7-3-9(13)6(4-14)2-8(7)10(11)12/h2-3,10H,1H3. The molecule has 0 aromatic heterocycles. The lowest BCUT2D eigenvalue weighted by Gasteiger charge is -2.07. The van der Waals surface area contributed by atoms with Gasteiger partial charge in [0.15, 0.2) is 5.78 Å². The number of ketones is 1. The van der Waals surface area contributed by atoms with Crippen molar-refractivity contribution in [3.05, 3.63) is 32.4 Å². The fourth-order valence-electron chi connectivity index (χ4n) is 1.16. The number of alkyl halides is 2. The maximum absolute atomic E-state index is 12.6. The van der Waals surface area contributed by atoms with E-state index in [2.05, 4.69) is 0 Å². The fourth-order valence-corrected chi connectivity index (χ4v) is 1.75. The van der Waals surface area contributed by atoms with Gasteiger partial charge in [-0.3, -0.25) is 4.79 Å². The lowest BCUT2D eigenvalue weighted by molar-refractivity contribution is 0.0999. The highest BCUT2D eigenvalue weighted by atomic mass is 127. The van der Waals surface area contributed by atoms with Gasteiger partial charge < -0.3 is 0 Å². The van der Waals surface area contributed by atoms with Crippen LogP contribution in [0.1, 0.15) is 34.8 Å². The van der Waals surface area contributed by atoms with Crippen LogP contribution in [0.5, 0.6) is 0 Å². The Morgan fingerprint density at radius 3 is 2.53 bits per heavy atom. The van der Waals surface area contributed by atoms with Crippen LogP contribution < -0.4 is 0 Å². The summed E-state index contributed by atoms with van der Waals surface area (Å²) in [6.07, 6.45) is -2.74. The molecule has 0 saturated heterocycles. The smallest absolute Gasteiger partial charge is 0.264 e. The first-order chi connectivity index (χ1) is 6.97. The number of carbonyl (C=O) groups is 1. The van der Waals surface area contributed by atoms with Crippen LogP contribution in [0.25, 0.3) is 0 Å². The van der Waals surface area contributed by atoms with E-state index < -0.39 is 12.2 Å². The molecule has 0 aliphatic rings. The number of carbonyl (C=O) groups excluding carboxylic acids is 1. The largest absolute Gasteiger partial charge is 0.294 e. The van der Waals surface area contributed by atoms with E-state index in [0.29, 0.717) is 3.57 Å². The normalized spacial score (nSPS) is 10.1. The van der Waals surface area contributed by atoms with E-state index in [-0.39, 0.29) is 16.7 Å². The summed E-state index contributed by atoms with van der Waals surface area (Å²) < 4.78 is 25.6. The number of hydrogen-bond donors (Lipinski definition) is 0. The third-order valence-electron chi connectivity index (χ3n) is 1.87. The maximum Gasteiger partial charge on any atom is 0.264 e. The fraction of sp³-hybridized carbons (Fsp3) is 0.200. The molecule has 0 heterocycles. The molecule has 1 aromatic rings. The van der Waals surface area contributed by atoms with E-state index in [1.54, 1.807) is 6.07 Å². The molecule has 1 aromatic carbocycles. The molecule has 0 atom stereocenters. The molecule has 0 aliphatic heterocycles. The summed E-state index contributed by atoms with van der Waals surface area (Å²) in [5.74, 6) is -0.423. The average molecular weight is 321 g/mol. The van der Waals surface area contributed by atoms with Crippen molar-refractivity contribution in [2.45, 2.75) is 13.3 Å². The highest BCUT2D eigenvalue weighted by Crippen LogP contribution is 2.27. The van der Waals surface area contributed by atoms with Gasteiger partial charge in [0.05, 0.1) is 5.56 Å². The maximum atomic E-state index is 12.6. The van der Waals surface area contributed by atoms with Crippen LogP contribution in [0.2, 0.25) is 0 Å². The SMILES string of the molecule is CC(=O)c1cc(I)c(C#N)cc1C(F)F. The summed E-state index contributed by atoms with van der Waals surface area (Å²) in [6, 6.07) is 4.20. The Morgan fingerprint density at radius 1 is 1.53 bits per heavy atom. The van der Waals surface area contributed by atoms with Crippen LogP contribution in [0.4, 0.5) is 8.78 Å². The van der Waals surface area contributed by atoms with E-state index in [0.717, 1.165) is 6.07 Å². The van der Waals surface area contributed by atoms with Crippen molar-refractivity contribution in [2.24, 2.45) is 0 Å². The minimum atomic E-state index is -2.74. The molecule has 0 unspecified atom stereocenters. The minimum Gasteiger partial charge on any atom is -0.294 e. The molecule has 0 N–H and O–H groups in total. The molecule has 0 aliphatic carbocycles. The molecule has 5 heteroatoms. The Kier molecular flexibility index (Phi) is 3.74. The van der Waals surface area contributed by atoms with Crippen molar-refractivity contribution in [3.63, 3.8) is 0 Å². The van der Waals surface area contributed by atoms with E-state index in [1.807, 2.05) is 22.6 Å². The van der Waals surface area contributed by atoms with Gasteiger partial charge in [-0.2, -0.15) is 5.26 Å². The average Bonchev–Trinajstić information content (AvgIpc) is 2.16. The lowest BCUT2D eigenvalue weighted by Crippen LogP contribution is -2.02. The molecule has 78 valence electrons. The van der Waals surface area contributed by atoms with Crippen LogP contribution >= 0.6 is 22.6 Å². The van der Waals surface area contributed by atoms with E-state index >= 15 is 0 Å². The van der Waals surface area contributed by atoms with Crippen LogP contribution in [0.15, 0.2) is 12.1 Å². The molecule has 0 amide bonds. The molecular formula is C10H6F2INO. The molecule has 2 nitrogen and oxygen atoms in total. The predicted molar refractivity (Wildman–Crippen MR) is 58.8 cm³/mol. The van der Waals surface area contributed by atoms with Crippen molar-refractivity contribution in [3.8, 4) is 6.07 Å². The number of Topliss-reactive ketones (excluding diaryl/α,β-unsaturated/α-hetero) is 1. The third kappa shape index (κ3) is 2.50. The highest BCUT2D eigenvalue weighted by Gasteiger charge is 2.18. The monoisotopic (exact) mass is 321 g/mol. The minimum absolute atomic E-state index is 0.0200. The second kappa shape index (κ2) is 4.66. The summed E-state index contributed by atoms with van der Waals surface area (Å²) in [6.45, 7) is 1.23. The van der Waals surface area contributed by atoms with E-state index in [9.17, 15) is 13.6 Å². The van der Waals surface area contributed by atoms with Crippen LogP contribution in [0.3, 0.4) is 0 Å². The zero-order valence-electron chi connectivity index (χ0n) is 7.72. The number of nitriles is 1. The Morgan fingerprint density at radius 2 is 2.13 bits per heavy atom. The second-order valence-corrected chi connectivity index (χ2v) is 4.05. The van der Waals surface area contributed by atoms with Gasteiger partial charge in [-0.1, -0.05) is 0 Å². The van der Waals surface area contributed by atoms with Crippen molar-refractivity contribution in [2.75, 3.05) is 0 Å². The Balaban J connectivity index is 3.47. The van der Waals surface area contributed by atoms with Gasteiger partial charge >= 0.3 is 0 Å². The topological polar surface area (TPSA) is 40.9 Å². The first-order valence-electron chi connectivity index (χ1n) is 4.00. The lowest BCUT2D eigenvalue weighted by atomic mass is 10.0. The first-order valence-corrected chi connectivity index (χ1v) is 5.08. The van der Waals surface area contributed by atoms with E-state index in [1.165, 1.54) is 13.0 Å². The molecule has 0 spiro atoms. The molecule has 0 radical (unpaired) electrons. The van der Waals surface area contributed by atoms with Crippen LogP contribution in [-0.4, -0.2) is 5.78 Å². The summed E-state index contributed by atoms with van der Waals surface area (Å²) >= 11 is 1.84. The van der Waals surface area contributed by atoms with Gasteiger partial charge in [-0.15, -0.1) is 0 Å². The van der Waals surface area contributed by atoms with Gasteiger partial charge in [0, 0.05) is 14.7 Å².